The largest absolute Gasteiger partial charge is 0.465 e. The van der Waals surface area contributed by atoms with Crippen LogP contribution in [-0.4, -0.2) is 91.2 Å². The van der Waals surface area contributed by atoms with E-state index in [4.69, 9.17) is 21.4 Å². The van der Waals surface area contributed by atoms with Crippen LogP contribution in [0, 0.1) is 11.8 Å². The quantitative estimate of drug-likeness (QED) is 0.339. The Labute approximate surface area is 225 Å². The maximum atomic E-state index is 13.3. The summed E-state index contributed by atoms with van der Waals surface area (Å²) >= 11 is 6.27. The van der Waals surface area contributed by atoms with Gasteiger partial charge in [-0.05, 0) is 75.6 Å². The summed E-state index contributed by atoms with van der Waals surface area (Å²) in [6, 6.07) is 7.53. The summed E-state index contributed by atoms with van der Waals surface area (Å²) in [7, 11) is 3.42. The van der Waals surface area contributed by atoms with E-state index in [0.29, 0.717) is 30.6 Å². The van der Waals surface area contributed by atoms with Crippen LogP contribution in [0.3, 0.4) is 0 Å². The number of rotatable bonds is 11. The van der Waals surface area contributed by atoms with Gasteiger partial charge in [0.2, 0.25) is 0 Å². The SMILES string of the molecule is CNC[C@H](CC1CCC(O)CC1)NC(=O)N1CCC[C@@H]([C@@H](OCCN(C)C(=O)O)c2cccc(Cl)c2)C1. The number of halogens is 1. The Balaban J connectivity index is 1.63. The van der Waals surface area contributed by atoms with Crippen molar-refractivity contribution in [3.8, 4) is 0 Å². The number of urea groups is 1. The van der Waals surface area contributed by atoms with Gasteiger partial charge in [0.1, 0.15) is 0 Å². The molecule has 10 heteroatoms. The van der Waals surface area contributed by atoms with Gasteiger partial charge in [-0.15, -0.1) is 0 Å². The number of nitrogens with one attached hydrogen (secondary N) is 2. The Kier molecular flexibility index (Phi) is 11.8. The molecule has 208 valence electrons. The fourth-order valence-corrected chi connectivity index (χ4v) is 5.73. The van der Waals surface area contributed by atoms with E-state index in [2.05, 4.69) is 10.6 Å². The molecule has 3 amide bonds. The Morgan fingerprint density at radius 3 is 2.68 bits per heavy atom. The average Bonchev–Trinajstić information content (AvgIpc) is 2.88. The fraction of sp³-hybridized carbons (Fsp3) is 0.704. The van der Waals surface area contributed by atoms with E-state index in [0.717, 1.165) is 50.5 Å². The second-order valence-corrected chi connectivity index (χ2v) is 10.9. The number of aliphatic hydroxyl groups is 1. The van der Waals surface area contributed by atoms with E-state index >= 15 is 0 Å². The summed E-state index contributed by atoms with van der Waals surface area (Å²) in [5.41, 5.74) is 0.935. The first-order valence-corrected chi connectivity index (χ1v) is 13.8. The molecular weight excluding hydrogens is 496 g/mol. The molecule has 0 radical (unpaired) electrons. The van der Waals surface area contributed by atoms with E-state index in [1.165, 1.54) is 11.9 Å². The highest BCUT2D eigenvalue weighted by Crippen LogP contribution is 2.34. The molecule has 1 aliphatic carbocycles. The molecule has 37 heavy (non-hydrogen) atoms. The first-order chi connectivity index (χ1) is 17.8. The third kappa shape index (κ3) is 9.32. The Morgan fingerprint density at radius 2 is 2.00 bits per heavy atom. The van der Waals surface area contributed by atoms with Crippen molar-refractivity contribution in [3.63, 3.8) is 0 Å². The van der Waals surface area contributed by atoms with Gasteiger partial charge in [0.15, 0.2) is 0 Å². The van der Waals surface area contributed by atoms with Crippen LogP contribution in [0.1, 0.15) is 56.6 Å². The predicted octanol–water partition coefficient (Wildman–Crippen LogP) is 3.96. The van der Waals surface area contributed by atoms with Crippen molar-refractivity contribution in [2.45, 2.75) is 63.2 Å². The molecule has 4 N–H and O–H groups in total. The Bertz CT molecular complexity index is 867. The maximum absolute atomic E-state index is 13.3. The summed E-state index contributed by atoms with van der Waals surface area (Å²) in [4.78, 5) is 27.6. The number of piperidine rings is 1. The number of hydrogen-bond acceptors (Lipinski definition) is 5. The topological polar surface area (TPSA) is 114 Å². The van der Waals surface area contributed by atoms with Crippen LogP contribution < -0.4 is 10.6 Å². The van der Waals surface area contributed by atoms with Gasteiger partial charge in [0.05, 0.1) is 18.8 Å². The number of carbonyl (C=O) groups is 2. The standard InChI is InChI=1S/C27H43ClN4O5/c1-29-17-23(15-19-8-10-24(33)11-9-19)30-26(34)32-12-4-6-21(18-32)25(20-5-3-7-22(28)16-20)37-14-13-31(2)27(35)36/h3,5,7,16,19,21,23-25,29,33H,4,6,8-15,17-18H2,1-2H3,(H,30,34)(H,35,36)/t19?,21-,23+,24?,25+/m1/s1. The molecule has 0 unspecified atom stereocenters. The van der Waals surface area contributed by atoms with Gasteiger partial charge in [0, 0.05) is 50.2 Å². The van der Waals surface area contributed by atoms with Gasteiger partial charge in [-0.25, -0.2) is 9.59 Å². The predicted molar refractivity (Wildman–Crippen MR) is 144 cm³/mol. The van der Waals surface area contributed by atoms with Gasteiger partial charge in [-0.2, -0.15) is 0 Å². The lowest BCUT2D eigenvalue weighted by Gasteiger charge is -2.38. The summed E-state index contributed by atoms with van der Waals surface area (Å²) in [5.74, 6) is 0.580. The molecule has 1 heterocycles. The van der Waals surface area contributed by atoms with E-state index < -0.39 is 6.09 Å². The third-order valence-electron chi connectivity index (χ3n) is 7.61. The molecule has 3 atom stereocenters. The van der Waals surface area contributed by atoms with Crippen LogP contribution in [0.15, 0.2) is 24.3 Å². The monoisotopic (exact) mass is 538 g/mol. The molecule has 1 saturated carbocycles. The zero-order chi connectivity index (χ0) is 26.8. The van der Waals surface area contributed by atoms with Crippen molar-refractivity contribution in [2.75, 3.05) is 46.9 Å². The van der Waals surface area contributed by atoms with E-state index in [-0.39, 0.29) is 43.4 Å². The minimum absolute atomic E-state index is 0.0321. The second kappa shape index (κ2) is 14.8. The molecular formula is C27H43ClN4O5. The van der Waals surface area contributed by atoms with E-state index in [1.54, 1.807) is 0 Å². The number of carbonyl (C=O) groups excluding carboxylic acids is 1. The molecule has 0 bridgehead atoms. The number of benzene rings is 1. The highest BCUT2D eigenvalue weighted by molar-refractivity contribution is 6.30. The van der Waals surface area contributed by atoms with Gasteiger partial charge >= 0.3 is 12.1 Å². The lowest BCUT2D eigenvalue weighted by molar-refractivity contribution is -0.0155. The number of nitrogens with zero attached hydrogens (tertiary/aromatic N) is 2. The summed E-state index contributed by atoms with van der Waals surface area (Å²) in [6.45, 7) is 2.46. The normalized spacial score (nSPS) is 23.8. The van der Waals surface area contributed by atoms with Gasteiger partial charge in [-0.1, -0.05) is 23.7 Å². The number of carboxylic acid groups (broad SMARTS) is 1. The Hall–Kier alpha value is -2.07. The molecule has 0 spiro atoms. The second-order valence-electron chi connectivity index (χ2n) is 10.5. The zero-order valence-corrected chi connectivity index (χ0v) is 22.8. The molecule has 1 aliphatic heterocycles. The molecule has 9 nitrogen and oxygen atoms in total. The number of ether oxygens (including phenoxy) is 1. The maximum Gasteiger partial charge on any atom is 0.407 e. The van der Waals surface area contributed by atoms with Crippen LogP contribution >= 0.6 is 11.6 Å². The summed E-state index contributed by atoms with van der Waals surface area (Å²) in [6.07, 6.45) is 4.88. The van der Waals surface area contributed by atoms with Crippen LogP contribution in [0.5, 0.6) is 0 Å². The average molecular weight is 539 g/mol. The third-order valence-corrected chi connectivity index (χ3v) is 7.85. The number of likely N-dealkylation sites (N-methyl/N-ethyl adjacent to an activating group) is 2. The first-order valence-electron chi connectivity index (χ1n) is 13.5. The first kappa shape index (κ1) is 29.5. The van der Waals surface area contributed by atoms with Gasteiger partial charge in [0.25, 0.3) is 0 Å². The number of amides is 3. The van der Waals surface area contributed by atoms with Crippen LogP contribution in [0.4, 0.5) is 9.59 Å². The van der Waals surface area contributed by atoms with Crippen LogP contribution in [0.25, 0.3) is 0 Å². The van der Waals surface area contributed by atoms with Crippen LogP contribution in [0.2, 0.25) is 5.02 Å². The van der Waals surface area contributed by atoms with E-state index in [1.807, 2.05) is 36.2 Å². The van der Waals surface area contributed by atoms with Crippen molar-refractivity contribution in [1.82, 2.24) is 20.4 Å². The fourth-order valence-electron chi connectivity index (χ4n) is 5.53. The summed E-state index contributed by atoms with van der Waals surface area (Å²) < 4.78 is 6.25. The minimum atomic E-state index is -0.996. The zero-order valence-electron chi connectivity index (χ0n) is 22.1. The molecule has 1 saturated heterocycles. The van der Waals surface area contributed by atoms with Crippen LogP contribution in [-0.2, 0) is 4.74 Å². The molecule has 0 aromatic heterocycles. The summed E-state index contributed by atoms with van der Waals surface area (Å²) in [5, 5.41) is 26.1. The molecule has 3 rings (SSSR count). The van der Waals surface area contributed by atoms with Crippen molar-refractivity contribution in [2.24, 2.45) is 11.8 Å². The smallest absolute Gasteiger partial charge is 0.407 e. The molecule has 2 aliphatic rings. The molecule has 2 fully saturated rings. The number of aliphatic hydroxyl groups excluding tert-OH is 1. The molecule has 1 aromatic rings. The molecule has 1 aromatic carbocycles. The Morgan fingerprint density at radius 1 is 1.24 bits per heavy atom. The lowest BCUT2D eigenvalue weighted by Crippen LogP contribution is -2.52. The van der Waals surface area contributed by atoms with Crippen molar-refractivity contribution in [3.05, 3.63) is 34.9 Å². The number of likely N-dealkylation sites (tertiary alicyclic amines) is 1. The van der Waals surface area contributed by atoms with Crippen molar-refractivity contribution in [1.29, 1.82) is 0 Å². The highest BCUT2D eigenvalue weighted by atomic mass is 35.5. The van der Waals surface area contributed by atoms with Crippen molar-refractivity contribution >= 4 is 23.7 Å². The van der Waals surface area contributed by atoms with Gasteiger partial charge in [-0.3, -0.25) is 0 Å². The highest BCUT2D eigenvalue weighted by Gasteiger charge is 2.32. The van der Waals surface area contributed by atoms with E-state index in [9.17, 15) is 14.7 Å². The minimum Gasteiger partial charge on any atom is -0.465 e. The lowest BCUT2D eigenvalue weighted by atomic mass is 9.83. The van der Waals surface area contributed by atoms with Crippen molar-refractivity contribution < 1.29 is 24.5 Å². The number of hydrogen-bond donors (Lipinski definition) is 4. The van der Waals surface area contributed by atoms with Gasteiger partial charge < -0.3 is 35.4 Å².